The second kappa shape index (κ2) is 7.43. The third kappa shape index (κ3) is 4.16. The molecule has 0 aliphatic carbocycles. The molecule has 19 heavy (non-hydrogen) atoms. The van der Waals surface area contributed by atoms with Gasteiger partial charge in [-0.15, -0.1) is 0 Å². The van der Waals surface area contributed by atoms with Gasteiger partial charge < -0.3 is 14.6 Å². The van der Waals surface area contributed by atoms with Crippen LogP contribution in [0, 0.1) is 0 Å². The van der Waals surface area contributed by atoms with Crippen LogP contribution in [0.1, 0.15) is 6.92 Å². The van der Waals surface area contributed by atoms with Gasteiger partial charge in [0.25, 0.3) is 5.56 Å². The van der Waals surface area contributed by atoms with E-state index in [-0.39, 0.29) is 5.56 Å². The van der Waals surface area contributed by atoms with Crippen LogP contribution < -0.4 is 10.9 Å². The molecule has 1 N–H and O–H groups in total. The molecule has 106 valence electrons. The Bertz CT molecular complexity index is 433. The Balaban J connectivity index is 1.89. The monoisotopic (exact) mass is 265 g/mol. The van der Waals surface area contributed by atoms with Crippen molar-refractivity contribution in [3.8, 4) is 0 Å². The van der Waals surface area contributed by atoms with E-state index in [1.54, 1.807) is 16.7 Å². The molecule has 0 bridgehead atoms. The highest BCUT2D eigenvalue weighted by Gasteiger charge is 2.22. The molecule has 0 aromatic carbocycles. The molecule has 1 aromatic heterocycles. The van der Waals surface area contributed by atoms with Crippen LogP contribution in [0.15, 0.2) is 29.2 Å². The van der Waals surface area contributed by atoms with Gasteiger partial charge in [0.2, 0.25) is 0 Å². The first kappa shape index (κ1) is 14.2. The first-order valence-electron chi connectivity index (χ1n) is 6.99. The van der Waals surface area contributed by atoms with E-state index >= 15 is 0 Å². The maximum absolute atomic E-state index is 11.7. The fourth-order valence-corrected chi connectivity index (χ4v) is 2.36. The molecule has 1 aromatic rings. The molecule has 0 spiro atoms. The Morgan fingerprint density at radius 2 is 2.32 bits per heavy atom. The summed E-state index contributed by atoms with van der Waals surface area (Å²) in [7, 11) is 0. The second-order valence-electron chi connectivity index (χ2n) is 4.80. The molecule has 1 aliphatic rings. The minimum atomic E-state index is 0.0685. The van der Waals surface area contributed by atoms with Crippen LogP contribution in [-0.2, 0) is 11.3 Å². The van der Waals surface area contributed by atoms with Gasteiger partial charge in [0, 0.05) is 44.5 Å². The van der Waals surface area contributed by atoms with E-state index in [2.05, 4.69) is 17.1 Å². The van der Waals surface area contributed by atoms with Gasteiger partial charge in [-0.3, -0.25) is 9.69 Å². The summed E-state index contributed by atoms with van der Waals surface area (Å²) in [6.45, 7) is 8.16. The van der Waals surface area contributed by atoms with E-state index in [9.17, 15) is 4.79 Å². The molecule has 2 heterocycles. The lowest BCUT2D eigenvalue weighted by Gasteiger charge is -2.35. The first-order valence-corrected chi connectivity index (χ1v) is 6.99. The maximum atomic E-state index is 11.7. The van der Waals surface area contributed by atoms with Gasteiger partial charge in [0.1, 0.15) is 0 Å². The van der Waals surface area contributed by atoms with Crippen molar-refractivity contribution >= 4 is 0 Å². The van der Waals surface area contributed by atoms with Crippen molar-refractivity contribution in [1.82, 2.24) is 14.8 Å². The summed E-state index contributed by atoms with van der Waals surface area (Å²) in [6, 6.07) is 5.70. The molecular formula is C14H23N3O2. The number of pyridine rings is 1. The number of hydrogen-bond donors (Lipinski definition) is 1. The highest BCUT2D eigenvalue weighted by atomic mass is 16.5. The second-order valence-corrected chi connectivity index (χ2v) is 4.80. The van der Waals surface area contributed by atoms with Gasteiger partial charge >= 0.3 is 0 Å². The summed E-state index contributed by atoms with van der Waals surface area (Å²) < 4.78 is 7.30. The number of rotatable bonds is 6. The highest BCUT2D eigenvalue weighted by Crippen LogP contribution is 2.06. The van der Waals surface area contributed by atoms with Crippen LogP contribution in [0.3, 0.4) is 0 Å². The zero-order valence-electron chi connectivity index (χ0n) is 11.5. The number of likely N-dealkylation sites (N-methyl/N-ethyl adjacent to an activating group) is 1. The van der Waals surface area contributed by atoms with Crippen LogP contribution in [0.2, 0.25) is 0 Å². The van der Waals surface area contributed by atoms with Crippen molar-refractivity contribution in [3.05, 3.63) is 34.7 Å². The summed E-state index contributed by atoms with van der Waals surface area (Å²) in [5.41, 5.74) is 0.0685. The minimum absolute atomic E-state index is 0.0685. The molecular weight excluding hydrogens is 242 g/mol. The van der Waals surface area contributed by atoms with Crippen molar-refractivity contribution < 1.29 is 4.74 Å². The Morgan fingerprint density at radius 3 is 3.11 bits per heavy atom. The number of hydrogen-bond acceptors (Lipinski definition) is 4. The van der Waals surface area contributed by atoms with Crippen molar-refractivity contribution in [2.75, 3.05) is 39.4 Å². The molecule has 0 radical (unpaired) electrons. The van der Waals surface area contributed by atoms with Crippen molar-refractivity contribution in [2.24, 2.45) is 0 Å². The van der Waals surface area contributed by atoms with Gasteiger partial charge in [0.15, 0.2) is 0 Å². The molecule has 1 fully saturated rings. The van der Waals surface area contributed by atoms with Crippen LogP contribution >= 0.6 is 0 Å². The maximum Gasteiger partial charge on any atom is 0.250 e. The third-order valence-corrected chi connectivity index (χ3v) is 3.51. The highest BCUT2D eigenvalue weighted by molar-refractivity contribution is 4.93. The topological polar surface area (TPSA) is 46.5 Å². The third-order valence-electron chi connectivity index (χ3n) is 3.51. The van der Waals surface area contributed by atoms with Gasteiger partial charge in [0.05, 0.1) is 13.2 Å². The molecule has 1 unspecified atom stereocenters. The van der Waals surface area contributed by atoms with Gasteiger partial charge in [-0.25, -0.2) is 0 Å². The lowest BCUT2D eigenvalue weighted by Crippen LogP contribution is -2.51. The van der Waals surface area contributed by atoms with E-state index < -0.39 is 0 Å². The summed E-state index contributed by atoms with van der Waals surface area (Å²) in [5, 5.41) is 3.37. The molecule has 1 saturated heterocycles. The zero-order chi connectivity index (χ0) is 13.5. The number of ether oxygens (including phenoxy) is 1. The van der Waals surface area contributed by atoms with Crippen molar-refractivity contribution in [1.29, 1.82) is 0 Å². The average molecular weight is 265 g/mol. The zero-order valence-corrected chi connectivity index (χ0v) is 11.5. The number of aromatic nitrogens is 1. The molecule has 5 nitrogen and oxygen atoms in total. The summed E-state index contributed by atoms with van der Waals surface area (Å²) >= 11 is 0. The lowest BCUT2D eigenvalue weighted by molar-refractivity contribution is -0.00806. The quantitative estimate of drug-likeness (QED) is 0.796. The van der Waals surface area contributed by atoms with E-state index in [1.807, 2.05) is 12.3 Å². The van der Waals surface area contributed by atoms with E-state index in [1.165, 1.54) is 0 Å². The molecule has 0 amide bonds. The van der Waals surface area contributed by atoms with Gasteiger partial charge in [-0.05, 0) is 12.6 Å². The SMILES string of the molecule is CCNCC1COCCN1CCn1ccccc1=O. The Morgan fingerprint density at radius 1 is 1.42 bits per heavy atom. The number of nitrogens with zero attached hydrogens (tertiary/aromatic N) is 2. The standard InChI is InChI=1S/C14H23N3O2/c1-2-15-11-13-12-19-10-9-16(13)7-8-17-6-4-3-5-14(17)18/h3-6,13,15H,2,7-12H2,1H3. The molecule has 1 atom stereocenters. The number of nitrogens with one attached hydrogen (secondary N) is 1. The Kier molecular flexibility index (Phi) is 5.57. The Hall–Kier alpha value is -1.17. The van der Waals surface area contributed by atoms with Gasteiger partial charge in [-0.1, -0.05) is 13.0 Å². The van der Waals surface area contributed by atoms with Crippen LogP contribution in [0.4, 0.5) is 0 Å². The fraction of sp³-hybridized carbons (Fsp3) is 0.643. The number of morpholine rings is 1. The largest absolute Gasteiger partial charge is 0.378 e. The van der Waals surface area contributed by atoms with Crippen LogP contribution in [0.5, 0.6) is 0 Å². The average Bonchev–Trinajstić information content (AvgIpc) is 2.45. The van der Waals surface area contributed by atoms with Crippen LogP contribution in [0.25, 0.3) is 0 Å². The fourth-order valence-electron chi connectivity index (χ4n) is 2.36. The molecule has 2 rings (SSSR count). The molecule has 5 heteroatoms. The van der Waals surface area contributed by atoms with Crippen LogP contribution in [-0.4, -0.2) is 54.9 Å². The van der Waals surface area contributed by atoms with E-state index in [0.717, 1.165) is 45.9 Å². The summed E-state index contributed by atoms with van der Waals surface area (Å²) in [6.07, 6.45) is 1.85. The molecule has 1 aliphatic heterocycles. The van der Waals surface area contributed by atoms with Crippen molar-refractivity contribution in [2.45, 2.75) is 19.5 Å². The van der Waals surface area contributed by atoms with E-state index in [0.29, 0.717) is 6.04 Å². The van der Waals surface area contributed by atoms with E-state index in [4.69, 9.17) is 4.74 Å². The summed E-state index contributed by atoms with van der Waals surface area (Å²) in [4.78, 5) is 14.1. The van der Waals surface area contributed by atoms with Gasteiger partial charge in [-0.2, -0.15) is 0 Å². The minimum Gasteiger partial charge on any atom is -0.378 e. The van der Waals surface area contributed by atoms with Crippen molar-refractivity contribution in [3.63, 3.8) is 0 Å². The lowest BCUT2D eigenvalue weighted by atomic mass is 10.2. The predicted molar refractivity (Wildman–Crippen MR) is 75.4 cm³/mol. The Labute approximate surface area is 114 Å². The molecule has 0 saturated carbocycles. The smallest absolute Gasteiger partial charge is 0.250 e. The predicted octanol–water partition coefficient (Wildman–Crippen LogP) is 0.159. The first-order chi connectivity index (χ1) is 9.31. The summed E-state index contributed by atoms with van der Waals surface area (Å²) in [5.74, 6) is 0. The normalized spacial score (nSPS) is 20.6.